The van der Waals surface area contributed by atoms with Crippen molar-refractivity contribution in [3.63, 3.8) is 0 Å². The number of ether oxygens (including phenoxy) is 1. The predicted octanol–water partition coefficient (Wildman–Crippen LogP) is 0.143. The third-order valence-corrected chi connectivity index (χ3v) is 1.59. The fourth-order valence-corrected chi connectivity index (χ4v) is 0.944. The summed E-state index contributed by atoms with van der Waals surface area (Å²) in [5.41, 5.74) is 2.69. The number of nitrogens with one attached hydrogen (secondary N) is 1. The average molecular weight is 156 g/mol. The molecule has 0 aromatic rings. The first-order valence-electron chi connectivity index (χ1n) is 3.71. The van der Waals surface area contributed by atoms with Gasteiger partial charge in [-0.25, -0.2) is 4.79 Å². The summed E-state index contributed by atoms with van der Waals surface area (Å²) in [6.45, 7) is 4.13. The summed E-state index contributed by atoms with van der Waals surface area (Å²) in [5.74, 6) is -0.0912. The number of nitrogens with zero attached hydrogens (tertiary/aromatic N) is 1. The van der Waals surface area contributed by atoms with Crippen LogP contribution in [0.2, 0.25) is 0 Å². The maximum atomic E-state index is 11.1. The molecular weight excluding hydrogens is 144 g/mol. The standard InChI is InChI=1S/C7H12N2O2/c1-3-11-7(10)6-5(2)4-8-9-6/h4-6,9H,3H2,1-2H3. The van der Waals surface area contributed by atoms with Gasteiger partial charge in [-0.3, -0.25) is 5.43 Å². The van der Waals surface area contributed by atoms with Crippen molar-refractivity contribution < 1.29 is 9.53 Å². The zero-order chi connectivity index (χ0) is 8.27. The van der Waals surface area contributed by atoms with Crippen LogP contribution in [0.15, 0.2) is 5.10 Å². The Kier molecular flexibility index (Phi) is 2.46. The first-order valence-corrected chi connectivity index (χ1v) is 3.71. The lowest BCUT2D eigenvalue weighted by atomic mass is 10.1. The topological polar surface area (TPSA) is 50.7 Å². The van der Waals surface area contributed by atoms with E-state index in [2.05, 4.69) is 10.5 Å². The number of rotatable bonds is 2. The second kappa shape index (κ2) is 3.37. The van der Waals surface area contributed by atoms with E-state index < -0.39 is 0 Å². The highest BCUT2D eigenvalue weighted by Gasteiger charge is 2.27. The maximum Gasteiger partial charge on any atom is 0.330 e. The zero-order valence-electron chi connectivity index (χ0n) is 6.70. The molecule has 0 aromatic carbocycles. The minimum atomic E-state index is -0.282. The van der Waals surface area contributed by atoms with Gasteiger partial charge in [-0.2, -0.15) is 5.10 Å². The molecule has 0 aromatic heterocycles. The van der Waals surface area contributed by atoms with E-state index in [1.165, 1.54) is 0 Å². The maximum absolute atomic E-state index is 11.1. The van der Waals surface area contributed by atoms with Crippen molar-refractivity contribution >= 4 is 12.2 Å². The number of carbonyl (C=O) groups is 1. The number of hydrazone groups is 1. The van der Waals surface area contributed by atoms with E-state index >= 15 is 0 Å². The van der Waals surface area contributed by atoms with E-state index in [-0.39, 0.29) is 17.9 Å². The van der Waals surface area contributed by atoms with Crippen LogP contribution in [0, 0.1) is 5.92 Å². The van der Waals surface area contributed by atoms with Crippen LogP contribution in [0.5, 0.6) is 0 Å². The molecule has 1 aliphatic heterocycles. The molecule has 4 heteroatoms. The highest BCUT2D eigenvalue weighted by atomic mass is 16.5. The van der Waals surface area contributed by atoms with Gasteiger partial charge in [-0.1, -0.05) is 6.92 Å². The molecule has 0 radical (unpaired) electrons. The van der Waals surface area contributed by atoms with Crippen LogP contribution < -0.4 is 5.43 Å². The molecule has 0 amide bonds. The third-order valence-electron chi connectivity index (χ3n) is 1.59. The van der Waals surface area contributed by atoms with Crippen molar-refractivity contribution in [1.82, 2.24) is 5.43 Å². The number of esters is 1. The Labute approximate surface area is 65.6 Å². The average Bonchev–Trinajstić information content (AvgIpc) is 2.36. The summed E-state index contributed by atoms with van der Waals surface area (Å²) < 4.78 is 4.81. The Balaban J connectivity index is 2.42. The molecule has 0 saturated carbocycles. The molecule has 0 saturated heterocycles. The van der Waals surface area contributed by atoms with Gasteiger partial charge in [0.15, 0.2) is 0 Å². The molecule has 2 atom stereocenters. The SMILES string of the molecule is CCOC(=O)C1NN=CC1C. The van der Waals surface area contributed by atoms with E-state index in [0.717, 1.165) is 0 Å². The molecular formula is C7H12N2O2. The van der Waals surface area contributed by atoms with Gasteiger partial charge in [-0.15, -0.1) is 0 Å². The van der Waals surface area contributed by atoms with Crippen molar-refractivity contribution in [2.75, 3.05) is 6.61 Å². The van der Waals surface area contributed by atoms with Gasteiger partial charge in [0.2, 0.25) is 0 Å². The van der Waals surface area contributed by atoms with E-state index in [9.17, 15) is 4.79 Å². The highest BCUT2D eigenvalue weighted by molar-refractivity contribution is 5.82. The molecule has 1 N–H and O–H groups in total. The van der Waals surface area contributed by atoms with E-state index in [1.54, 1.807) is 13.1 Å². The monoisotopic (exact) mass is 156 g/mol. The van der Waals surface area contributed by atoms with Crippen molar-refractivity contribution in [3.05, 3.63) is 0 Å². The molecule has 0 fully saturated rings. The highest BCUT2D eigenvalue weighted by Crippen LogP contribution is 2.07. The normalized spacial score (nSPS) is 28.2. The van der Waals surface area contributed by atoms with Crippen LogP contribution in [0.25, 0.3) is 0 Å². The molecule has 0 spiro atoms. The lowest BCUT2D eigenvalue weighted by molar-refractivity contribution is -0.146. The Hall–Kier alpha value is -1.06. The van der Waals surface area contributed by atoms with Crippen LogP contribution in [-0.2, 0) is 9.53 Å². The second-order valence-electron chi connectivity index (χ2n) is 2.50. The first-order chi connectivity index (χ1) is 5.25. The lowest BCUT2D eigenvalue weighted by Gasteiger charge is -2.11. The number of hydrogen-bond acceptors (Lipinski definition) is 4. The van der Waals surface area contributed by atoms with Crippen molar-refractivity contribution in [3.8, 4) is 0 Å². The molecule has 2 unspecified atom stereocenters. The van der Waals surface area contributed by atoms with Gasteiger partial charge in [0.25, 0.3) is 0 Å². The first kappa shape index (κ1) is 8.04. The van der Waals surface area contributed by atoms with Crippen LogP contribution in [0.3, 0.4) is 0 Å². The van der Waals surface area contributed by atoms with Crippen LogP contribution >= 0.6 is 0 Å². The Bertz CT molecular complexity index is 179. The van der Waals surface area contributed by atoms with E-state index in [4.69, 9.17) is 4.74 Å². The van der Waals surface area contributed by atoms with Gasteiger partial charge in [0, 0.05) is 12.1 Å². The molecule has 1 heterocycles. The van der Waals surface area contributed by atoms with Crippen LogP contribution in [0.1, 0.15) is 13.8 Å². The molecule has 11 heavy (non-hydrogen) atoms. The van der Waals surface area contributed by atoms with Gasteiger partial charge in [0.1, 0.15) is 6.04 Å². The number of carbonyl (C=O) groups excluding carboxylic acids is 1. The molecule has 0 bridgehead atoms. The Morgan fingerprint density at radius 3 is 3.00 bits per heavy atom. The zero-order valence-corrected chi connectivity index (χ0v) is 6.70. The minimum absolute atomic E-state index is 0.133. The summed E-state index contributed by atoms with van der Waals surface area (Å²) in [6.07, 6.45) is 1.71. The Morgan fingerprint density at radius 1 is 1.82 bits per heavy atom. The van der Waals surface area contributed by atoms with Crippen LogP contribution in [0.4, 0.5) is 0 Å². The summed E-state index contributed by atoms with van der Waals surface area (Å²) in [4.78, 5) is 11.1. The summed E-state index contributed by atoms with van der Waals surface area (Å²) in [5, 5.41) is 3.77. The summed E-state index contributed by atoms with van der Waals surface area (Å²) >= 11 is 0. The number of hydrogen-bond donors (Lipinski definition) is 1. The van der Waals surface area contributed by atoms with Gasteiger partial charge in [0.05, 0.1) is 6.61 Å². The van der Waals surface area contributed by atoms with E-state index in [0.29, 0.717) is 6.61 Å². The second-order valence-corrected chi connectivity index (χ2v) is 2.50. The molecule has 4 nitrogen and oxygen atoms in total. The molecule has 62 valence electrons. The molecule has 0 aliphatic carbocycles. The fraction of sp³-hybridized carbons (Fsp3) is 0.714. The van der Waals surface area contributed by atoms with Gasteiger partial charge < -0.3 is 4.74 Å². The molecule has 1 aliphatic rings. The predicted molar refractivity (Wildman–Crippen MR) is 41.2 cm³/mol. The Morgan fingerprint density at radius 2 is 2.55 bits per heavy atom. The van der Waals surface area contributed by atoms with Crippen molar-refractivity contribution in [2.24, 2.45) is 11.0 Å². The third kappa shape index (κ3) is 1.69. The molecule has 1 rings (SSSR count). The van der Waals surface area contributed by atoms with Crippen molar-refractivity contribution in [2.45, 2.75) is 19.9 Å². The lowest BCUT2D eigenvalue weighted by Crippen LogP contribution is -2.36. The summed E-state index contributed by atoms with van der Waals surface area (Å²) in [7, 11) is 0. The van der Waals surface area contributed by atoms with Crippen molar-refractivity contribution in [1.29, 1.82) is 0 Å². The summed E-state index contributed by atoms with van der Waals surface area (Å²) in [6, 6.07) is -0.282. The smallest absolute Gasteiger partial charge is 0.330 e. The van der Waals surface area contributed by atoms with Gasteiger partial charge in [-0.05, 0) is 6.92 Å². The van der Waals surface area contributed by atoms with Crippen LogP contribution in [-0.4, -0.2) is 24.8 Å². The largest absolute Gasteiger partial charge is 0.464 e. The minimum Gasteiger partial charge on any atom is -0.464 e. The van der Waals surface area contributed by atoms with Gasteiger partial charge >= 0.3 is 5.97 Å². The fourth-order valence-electron chi connectivity index (χ4n) is 0.944. The quantitative estimate of drug-likeness (QED) is 0.579. The van der Waals surface area contributed by atoms with E-state index in [1.807, 2.05) is 6.92 Å².